The first-order valence-corrected chi connectivity index (χ1v) is 9.42. The number of rotatable bonds is 8. The van der Waals surface area contributed by atoms with Crippen LogP contribution in [0.25, 0.3) is 6.08 Å². The lowest BCUT2D eigenvalue weighted by atomic mass is 10.1. The Bertz CT molecular complexity index is 1180. The first kappa shape index (κ1) is 22.2. The van der Waals surface area contributed by atoms with Crippen LogP contribution in [0.5, 0.6) is 17.2 Å². The van der Waals surface area contributed by atoms with Crippen molar-refractivity contribution in [2.24, 2.45) is 0 Å². The van der Waals surface area contributed by atoms with E-state index in [1.165, 1.54) is 55.7 Å². The van der Waals surface area contributed by atoms with E-state index in [0.717, 1.165) is 11.6 Å². The molecule has 0 N–H and O–H groups in total. The summed E-state index contributed by atoms with van der Waals surface area (Å²) >= 11 is 0. The molecule has 0 unspecified atom stereocenters. The number of benzene rings is 3. The number of nitrogens with zero attached hydrogens (tertiary/aromatic N) is 1. The van der Waals surface area contributed by atoms with E-state index in [1.54, 1.807) is 31.4 Å². The van der Waals surface area contributed by atoms with Gasteiger partial charge in [-0.25, -0.2) is 4.79 Å². The number of ketones is 1. The summed E-state index contributed by atoms with van der Waals surface area (Å²) in [6, 6.07) is 16.5. The molecule has 3 aromatic rings. The van der Waals surface area contributed by atoms with Gasteiger partial charge in [0.25, 0.3) is 5.69 Å². The first-order chi connectivity index (χ1) is 15.4. The van der Waals surface area contributed by atoms with Crippen LogP contribution in [0.3, 0.4) is 0 Å². The van der Waals surface area contributed by atoms with E-state index in [2.05, 4.69) is 0 Å². The summed E-state index contributed by atoms with van der Waals surface area (Å²) in [7, 11) is 3.07. The number of hydrogen-bond donors (Lipinski definition) is 0. The smallest absolute Gasteiger partial charge is 0.343 e. The van der Waals surface area contributed by atoms with Crippen LogP contribution in [0.1, 0.15) is 26.3 Å². The lowest BCUT2D eigenvalue weighted by Crippen LogP contribution is -2.09. The van der Waals surface area contributed by atoms with Crippen molar-refractivity contribution in [3.05, 3.63) is 99.6 Å². The Morgan fingerprint density at radius 3 is 2.25 bits per heavy atom. The van der Waals surface area contributed by atoms with Crippen LogP contribution in [0.2, 0.25) is 0 Å². The van der Waals surface area contributed by atoms with Gasteiger partial charge in [-0.15, -0.1) is 0 Å². The molecular weight excluding hydrogens is 414 g/mol. The van der Waals surface area contributed by atoms with Gasteiger partial charge in [-0.3, -0.25) is 14.9 Å². The van der Waals surface area contributed by atoms with Gasteiger partial charge in [0, 0.05) is 17.7 Å². The molecule has 0 aliphatic heterocycles. The highest BCUT2D eigenvalue weighted by molar-refractivity contribution is 6.07. The quantitative estimate of drug-likeness (QED) is 0.126. The summed E-state index contributed by atoms with van der Waals surface area (Å²) < 4.78 is 15.7. The molecule has 8 heteroatoms. The molecule has 0 amide bonds. The van der Waals surface area contributed by atoms with E-state index in [-0.39, 0.29) is 22.8 Å². The third-order valence-electron chi connectivity index (χ3n) is 4.48. The minimum absolute atomic E-state index is 0.0530. The minimum atomic E-state index is -0.735. The van der Waals surface area contributed by atoms with Gasteiger partial charge in [-0.05, 0) is 54.1 Å². The lowest BCUT2D eigenvalue weighted by Gasteiger charge is -2.07. The largest absolute Gasteiger partial charge is 0.493 e. The normalized spacial score (nSPS) is 10.6. The molecule has 0 saturated heterocycles. The van der Waals surface area contributed by atoms with Gasteiger partial charge in [-0.2, -0.15) is 0 Å². The van der Waals surface area contributed by atoms with Crippen LogP contribution in [0.4, 0.5) is 5.69 Å². The predicted octanol–water partition coefficient (Wildman–Crippen LogP) is 4.73. The lowest BCUT2D eigenvalue weighted by molar-refractivity contribution is -0.384. The van der Waals surface area contributed by atoms with Gasteiger partial charge in [0.15, 0.2) is 17.3 Å². The fourth-order valence-electron chi connectivity index (χ4n) is 2.82. The van der Waals surface area contributed by atoms with Gasteiger partial charge in [0.05, 0.1) is 24.7 Å². The van der Waals surface area contributed by atoms with Crippen molar-refractivity contribution in [2.45, 2.75) is 0 Å². The SMILES string of the molecule is COc1ccc(/C=C/C(=O)c2ccc(OC(=O)c3cccc([N+](=O)[O-])c3)cc2)cc1OC. The molecule has 3 aromatic carbocycles. The third-order valence-corrected chi connectivity index (χ3v) is 4.48. The zero-order valence-electron chi connectivity index (χ0n) is 17.3. The van der Waals surface area contributed by atoms with Crippen molar-refractivity contribution in [1.82, 2.24) is 0 Å². The van der Waals surface area contributed by atoms with Crippen LogP contribution >= 0.6 is 0 Å². The number of non-ortho nitro benzene ring substituents is 1. The van der Waals surface area contributed by atoms with E-state index >= 15 is 0 Å². The van der Waals surface area contributed by atoms with Crippen molar-refractivity contribution in [2.75, 3.05) is 14.2 Å². The van der Waals surface area contributed by atoms with Gasteiger partial charge < -0.3 is 14.2 Å². The Balaban J connectivity index is 1.67. The second kappa shape index (κ2) is 10.0. The molecular formula is C24H19NO7. The highest BCUT2D eigenvalue weighted by Gasteiger charge is 2.14. The fraction of sp³-hybridized carbons (Fsp3) is 0.0833. The van der Waals surface area contributed by atoms with Crippen LogP contribution in [-0.2, 0) is 0 Å². The van der Waals surface area contributed by atoms with Gasteiger partial charge in [0.1, 0.15) is 5.75 Å². The summed E-state index contributed by atoms with van der Waals surface area (Å²) in [5.41, 5.74) is 1.01. The van der Waals surface area contributed by atoms with Crippen LogP contribution < -0.4 is 14.2 Å². The predicted molar refractivity (Wildman–Crippen MR) is 117 cm³/mol. The first-order valence-electron chi connectivity index (χ1n) is 9.42. The van der Waals surface area contributed by atoms with E-state index in [0.29, 0.717) is 17.1 Å². The van der Waals surface area contributed by atoms with E-state index in [1.807, 2.05) is 0 Å². The topological polar surface area (TPSA) is 105 Å². The number of methoxy groups -OCH3 is 2. The molecule has 0 fully saturated rings. The molecule has 0 spiro atoms. The van der Waals surface area contributed by atoms with Crippen molar-refractivity contribution >= 4 is 23.5 Å². The number of carbonyl (C=O) groups excluding carboxylic acids is 2. The molecule has 0 aliphatic rings. The summed E-state index contributed by atoms with van der Waals surface area (Å²) in [4.78, 5) is 34.9. The number of esters is 1. The van der Waals surface area contributed by atoms with Crippen molar-refractivity contribution in [1.29, 1.82) is 0 Å². The molecule has 0 aromatic heterocycles. The van der Waals surface area contributed by atoms with Crippen LogP contribution in [0, 0.1) is 10.1 Å². The maximum absolute atomic E-state index is 12.4. The molecule has 0 atom stereocenters. The van der Waals surface area contributed by atoms with E-state index in [9.17, 15) is 19.7 Å². The summed E-state index contributed by atoms with van der Waals surface area (Å²) in [6.45, 7) is 0. The highest BCUT2D eigenvalue weighted by Crippen LogP contribution is 2.28. The van der Waals surface area contributed by atoms with Crippen LogP contribution in [-0.4, -0.2) is 30.9 Å². The second-order valence-electron chi connectivity index (χ2n) is 6.53. The minimum Gasteiger partial charge on any atom is -0.493 e. The molecule has 0 radical (unpaired) electrons. The maximum Gasteiger partial charge on any atom is 0.343 e. The Hall–Kier alpha value is -4.46. The summed E-state index contributed by atoms with van der Waals surface area (Å²) in [5, 5.41) is 10.8. The number of ether oxygens (including phenoxy) is 3. The van der Waals surface area contributed by atoms with Gasteiger partial charge >= 0.3 is 5.97 Å². The van der Waals surface area contributed by atoms with Gasteiger partial charge in [0.2, 0.25) is 0 Å². The Morgan fingerprint density at radius 2 is 1.59 bits per heavy atom. The number of carbonyl (C=O) groups is 2. The van der Waals surface area contributed by atoms with Crippen molar-refractivity contribution in [3.63, 3.8) is 0 Å². The number of allylic oxidation sites excluding steroid dienone is 1. The number of hydrogen-bond acceptors (Lipinski definition) is 7. The standard InChI is InChI=1S/C24H19NO7/c1-30-22-13-7-16(14-23(22)31-2)6-12-21(26)17-8-10-20(11-9-17)32-24(27)18-4-3-5-19(15-18)25(28)29/h3-15H,1-2H3/b12-6+. The number of nitro groups is 1. The molecule has 0 saturated carbocycles. The molecule has 0 bridgehead atoms. The number of nitro benzene ring substituents is 1. The van der Waals surface area contributed by atoms with Gasteiger partial charge in [-0.1, -0.05) is 18.2 Å². The Morgan fingerprint density at radius 1 is 0.875 bits per heavy atom. The summed E-state index contributed by atoms with van der Waals surface area (Å²) in [5.74, 6) is 0.377. The monoisotopic (exact) mass is 433 g/mol. The molecule has 8 nitrogen and oxygen atoms in total. The molecule has 3 rings (SSSR count). The maximum atomic E-state index is 12.4. The Labute approximate surface area is 183 Å². The van der Waals surface area contributed by atoms with Crippen molar-refractivity contribution in [3.8, 4) is 17.2 Å². The van der Waals surface area contributed by atoms with Crippen LogP contribution in [0.15, 0.2) is 72.8 Å². The second-order valence-corrected chi connectivity index (χ2v) is 6.53. The van der Waals surface area contributed by atoms with E-state index < -0.39 is 10.9 Å². The molecule has 0 heterocycles. The molecule has 0 aliphatic carbocycles. The third kappa shape index (κ3) is 5.37. The van der Waals surface area contributed by atoms with E-state index in [4.69, 9.17) is 14.2 Å². The average Bonchev–Trinajstić information content (AvgIpc) is 2.82. The average molecular weight is 433 g/mol. The molecule has 32 heavy (non-hydrogen) atoms. The zero-order chi connectivity index (χ0) is 23.1. The highest BCUT2D eigenvalue weighted by atomic mass is 16.6. The fourth-order valence-corrected chi connectivity index (χ4v) is 2.82. The summed E-state index contributed by atoms with van der Waals surface area (Å²) in [6.07, 6.45) is 3.08. The Kier molecular flexibility index (Phi) is 6.97. The van der Waals surface area contributed by atoms with Crippen molar-refractivity contribution < 1.29 is 28.7 Å². The molecule has 162 valence electrons. The zero-order valence-corrected chi connectivity index (χ0v) is 17.3.